The molecule has 0 aliphatic rings. The molecular weight excluding hydrogens is 250 g/mol. The molecule has 0 atom stereocenters. The van der Waals surface area contributed by atoms with Crippen molar-refractivity contribution in [3.05, 3.63) is 65.6 Å². The van der Waals surface area contributed by atoms with Crippen LogP contribution < -0.4 is 5.32 Å². The largest absolute Gasteiger partial charge is 0.321 e. The summed E-state index contributed by atoms with van der Waals surface area (Å²) in [4.78, 5) is 16.9. The summed E-state index contributed by atoms with van der Waals surface area (Å²) in [7, 11) is 0. The molecule has 100 valence electrons. The molecule has 20 heavy (non-hydrogen) atoms. The molecule has 0 saturated heterocycles. The van der Waals surface area contributed by atoms with Crippen molar-refractivity contribution in [2.75, 3.05) is 5.32 Å². The average molecular weight is 265 g/mol. The van der Waals surface area contributed by atoms with Crippen molar-refractivity contribution in [2.24, 2.45) is 0 Å². The minimum Gasteiger partial charge on any atom is -0.321 e. The number of pyridine rings is 1. The number of nitrogens with one attached hydrogen (secondary N) is 1. The van der Waals surface area contributed by atoms with E-state index >= 15 is 0 Å². The highest BCUT2D eigenvalue weighted by molar-refractivity contribution is 6.04. The molecule has 3 rings (SSSR count). The number of carbonyl (C=O) groups excluding carboxylic acids is 1. The summed E-state index contributed by atoms with van der Waals surface area (Å²) in [6.45, 7) is 3.86. The fraction of sp³-hybridized carbons (Fsp3) is 0.125. The standard InChI is InChI=1S/C16H15N3O/c1-11-8-9-19-14(10-11)17-12(2)15(19)16(20)18-13-6-4-3-5-7-13/h3-10H,1-2H3,(H,18,20). The number of imidazole rings is 1. The SMILES string of the molecule is Cc1ccn2c(C(=O)Nc3ccccc3)c(C)nc2c1. The topological polar surface area (TPSA) is 46.4 Å². The number of rotatable bonds is 2. The van der Waals surface area contributed by atoms with E-state index in [4.69, 9.17) is 0 Å². The third-order valence-corrected chi connectivity index (χ3v) is 3.20. The van der Waals surface area contributed by atoms with Gasteiger partial charge in [0, 0.05) is 11.9 Å². The number of benzene rings is 1. The van der Waals surface area contributed by atoms with Crippen LogP contribution in [0.2, 0.25) is 0 Å². The zero-order valence-corrected chi connectivity index (χ0v) is 11.4. The molecule has 1 amide bonds. The number of nitrogens with zero attached hydrogens (tertiary/aromatic N) is 2. The fourth-order valence-corrected chi connectivity index (χ4v) is 2.25. The lowest BCUT2D eigenvalue weighted by Crippen LogP contribution is -2.15. The van der Waals surface area contributed by atoms with Gasteiger partial charge >= 0.3 is 0 Å². The lowest BCUT2D eigenvalue weighted by Gasteiger charge is -2.06. The van der Waals surface area contributed by atoms with E-state index in [0.717, 1.165) is 22.6 Å². The molecule has 0 fully saturated rings. The van der Waals surface area contributed by atoms with Crippen LogP contribution in [0.3, 0.4) is 0 Å². The molecule has 3 aromatic rings. The van der Waals surface area contributed by atoms with E-state index in [1.165, 1.54) is 0 Å². The van der Waals surface area contributed by atoms with Crippen LogP contribution in [0.15, 0.2) is 48.7 Å². The van der Waals surface area contributed by atoms with Gasteiger partial charge in [-0.3, -0.25) is 9.20 Å². The van der Waals surface area contributed by atoms with E-state index in [0.29, 0.717) is 5.69 Å². The molecule has 1 aromatic carbocycles. The van der Waals surface area contributed by atoms with E-state index in [1.54, 1.807) is 0 Å². The number of hydrogen-bond donors (Lipinski definition) is 1. The lowest BCUT2D eigenvalue weighted by molar-refractivity contribution is 0.102. The summed E-state index contributed by atoms with van der Waals surface area (Å²) in [5, 5.41) is 2.89. The molecule has 2 heterocycles. The molecule has 0 spiro atoms. The Morgan fingerprint density at radius 1 is 1.15 bits per heavy atom. The van der Waals surface area contributed by atoms with Gasteiger partial charge in [0.2, 0.25) is 0 Å². The van der Waals surface area contributed by atoms with Crippen LogP contribution in [0, 0.1) is 13.8 Å². The Kier molecular flexibility index (Phi) is 2.99. The molecule has 4 heteroatoms. The lowest BCUT2D eigenvalue weighted by atomic mass is 10.2. The molecule has 0 unspecified atom stereocenters. The van der Waals surface area contributed by atoms with Crippen molar-refractivity contribution < 1.29 is 4.79 Å². The molecule has 2 aromatic heterocycles. The zero-order valence-electron chi connectivity index (χ0n) is 11.4. The molecule has 0 aliphatic carbocycles. The van der Waals surface area contributed by atoms with Crippen LogP contribution >= 0.6 is 0 Å². The Hall–Kier alpha value is -2.62. The normalized spacial score (nSPS) is 10.7. The van der Waals surface area contributed by atoms with Gasteiger partial charge in [-0.15, -0.1) is 0 Å². The Bertz CT molecular complexity index is 775. The van der Waals surface area contributed by atoms with Crippen LogP contribution in [0.5, 0.6) is 0 Å². The molecule has 1 N–H and O–H groups in total. The smallest absolute Gasteiger partial charge is 0.274 e. The number of fused-ring (bicyclic) bond motifs is 1. The number of hydrogen-bond acceptors (Lipinski definition) is 2. The summed E-state index contributed by atoms with van der Waals surface area (Å²) in [6, 6.07) is 13.3. The fourth-order valence-electron chi connectivity index (χ4n) is 2.25. The maximum atomic E-state index is 12.4. The number of amides is 1. The Morgan fingerprint density at radius 2 is 1.90 bits per heavy atom. The van der Waals surface area contributed by atoms with Gasteiger partial charge in [-0.25, -0.2) is 4.98 Å². The summed E-state index contributed by atoms with van der Waals surface area (Å²) in [6.07, 6.45) is 1.88. The molecule has 0 saturated carbocycles. The number of aromatic nitrogens is 2. The first kappa shape index (κ1) is 12.4. The second-order valence-corrected chi connectivity index (χ2v) is 4.80. The van der Waals surface area contributed by atoms with Gasteiger partial charge < -0.3 is 5.32 Å². The second-order valence-electron chi connectivity index (χ2n) is 4.80. The quantitative estimate of drug-likeness (QED) is 0.773. The molecule has 0 bridgehead atoms. The van der Waals surface area contributed by atoms with Gasteiger partial charge in [0.1, 0.15) is 11.3 Å². The van der Waals surface area contributed by atoms with Crippen LogP contribution in [-0.2, 0) is 0 Å². The first-order valence-electron chi connectivity index (χ1n) is 6.47. The predicted octanol–water partition coefficient (Wildman–Crippen LogP) is 3.20. The van der Waals surface area contributed by atoms with Crippen LogP contribution in [0.25, 0.3) is 5.65 Å². The van der Waals surface area contributed by atoms with E-state index in [1.807, 2.05) is 66.9 Å². The first-order valence-corrected chi connectivity index (χ1v) is 6.47. The van der Waals surface area contributed by atoms with Gasteiger partial charge in [-0.05, 0) is 43.7 Å². The van der Waals surface area contributed by atoms with Gasteiger partial charge in [0.25, 0.3) is 5.91 Å². The second kappa shape index (κ2) is 4.81. The van der Waals surface area contributed by atoms with Crippen molar-refractivity contribution >= 4 is 17.2 Å². The van der Waals surface area contributed by atoms with Crippen molar-refractivity contribution in [1.82, 2.24) is 9.38 Å². The monoisotopic (exact) mass is 265 g/mol. The van der Waals surface area contributed by atoms with E-state index in [-0.39, 0.29) is 5.91 Å². The van der Waals surface area contributed by atoms with E-state index in [9.17, 15) is 4.79 Å². The minimum atomic E-state index is -0.148. The summed E-state index contributed by atoms with van der Waals surface area (Å²) in [5.74, 6) is -0.148. The van der Waals surface area contributed by atoms with Gasteiger partial charge in [0.05, 0.1) is 5.69 Å². The van der Waals surface area contributed by atoms with E-state index in [2.05, 4.69) is 10.3 Å². The van der Waals surface area contributed by atoms with Crippen LogP contribution in [-0.4, -0.2) is 15.3 Å². The number of anilines is 1. The third kappa shape index (κ3) is 2.16. The van der Waals surface area contributed by atoms with Gasteiger partial charge in [0.15, 0.2) is 0 Å². The van der Waals surface area contributed by atoms with Crippen molar-refractivity contribution in [1.29, 1.82) is 0 Å². The Balaban J connectivity index is 2.01. The zero-order chi connectivity index (χ0) is 14.1. The highest BCUT2D eigenvalue weighted by Gasteiger charge is 2.16. The molecular formula is C16H15N3O. The molecule has 0 radical (unpaired) electrons. The highest BCUT2D eigenvalue weighted by atomic mass is 16.2. The number of aryl methyl sites for hydroxylation is 2. The number of para-hydroxylation sites is 1. The number of carbonyl (C=O) groups is 1. The van der Waals surface area contributed by atoms with E-state index < -0.39 is 0 Å². The van der Waals surface area contributed by atoms with Gasteiger partial charge in [-0.1, -0.05) is 18.2 Å². The summed E-state index contributed by atoms with van der Waals surface area (Å²) < 4.78 is 1.82. The summed E-state index contributed by atoms with van der Waals surface area (Å²) >= 11 is 0. The Labute approximate surface area is 117 Å². The predicted molar refractivity (Wildman–Crippen MR) is 79.1 cm³/mol. The maximum Gasteiger partial charge on any atom is 0.274 e. The van der Waals surface area contributed by atoms with Crippen molar-refractivity contribution in [3.63, 3.8) is 0 Å². The third-order valence-electron chi connectivity index (χ3n) is 3.20. The van der Waals surface area contributed by atoms with Crippen LogP contribution in [0.1, 0.15) is 21.7 Å². The molecule has 0 aliphatic heterocycles. The highest BCUT2D eigenvalue weighted by Crippen LogP contribution is 2.15. The first-order chi connectivity index (χ1) is 9.65. The minimum absolute atomic E-state index is 0.148. The summed E-state index contributed by atoms with van der Waals surface area (Å²) in [5.41, 5.74) is 3.99. The average Bonchev–Trinajstić information content (AvgIpc) is 2.74. The van der Waals surface area contributed by atoms with Crippen LogP contribution in [0.4, 0.5) is 5.69 Å². The Morgan fingerprint density at radius 3 is 2.65 bits per heavy atom. The van der Waals surface area contributed by atoms with Gasteiger partial charge in [-0.2, -0.15) is 0 Å². The van der Waals surface area contributed by atoms with Crippen molar-refractivity contribution in [2.45, 2.75) is 13.8 Å². The van der Waals surface area contributed by atoms with Crippen molar-refractivity contribution in [3.8, 4) is 0 Å². The molecule has 4 nitrogen and oxygen atoms in total. The maximum absolute atomic E-state index is 12.4.